The van der Waals surface area contributed by atoms with E-state index in [0.717, 1.165) is 21.0 Å². The first kappa shape index (κ1) is 21.0. The first-order valence-electron chi connectivity index (χ1n) is 8.87. The van der Waals surface area contributed by atoms with E-state index < -0.39 is 22.0 Å². The lowest BCUT2D eigenvalue weighted by Gasteiger charge is -2.25. The van der Waals surface area contributed by atoms with Gasteiger partial charge in [-0.05, 0) is 47.7 Å². The van der Waals surface area contributed by atoms with E-state index in [0.29, 0.717) is 11.3 Å². The number of anilines is 1. The van der Waals surface area contributed by atoms with Crippen LogP contribution in [0.4, 0.5) is 10.1 Å². The van der Waals surface area contributed by atoms with Crippen molar-refractivity contribution in [2.75, 3.05) is 17.1 Å². The predicted octanol–water partition coefficient (Wildman–Crippen LogP) is 3.87. The number of hydrogen-bond donors (Lipinski definition) is 1. The third-order valence-electron chi connectivity index (χ3n) is 4.41. The summed E-state index contributed by atoms with van der Waals surface area (Å²) >= 11 is 1.45. The molecule has 3 aromatic rings. The number of sulfonamides is 1. The molecule has 0 aliphatic rings. The van der Waals surface area contributed by atoms with Crippen LogP contribution in [0, 0.1) is 12.7 Å². The van der Waals surface area contributed by atoms with Crippen molar-refractivity contribution >= 4 is 33.0 Å². The number of nitrogens with zero attached hydrogens (tertiary/aromatic N) is 1. The van der Waals surface area contributed by atoms with Gasteiger partial charge >= 0.3 is 0 Å². The van der Waals surface area contributed by atoms with Crippen LogP contribution < -0.4 is 9.62 Å². The van der Waals surface area contributed by atoms with E-state index >= 15 is 0 Å². The SMILES string of the molecule is Cc1ccccc1N(CC(=O)NC(c1ccc(F)cc1)c1cccs1)S(C)(=O)=O. The summed E-state index contributed by atoms with van der Waals surface area (Å²) in [5, 5.41) is 4.77. The Balaban J connectivity index is 1.87. The Morgan fingerprint density at radius 2 is 1.79 bits per heavy atom. The molecule has 0 fully saturated rings. The van der Waals surface area contributed by atoms with Crippen LogP contribution >= 0.6 is 11.3 Å². The molecule has 0 bridgehead atoms. The minimum Gasteiger partial charge on any atom is -0.343 e. The largest absolute Gasteiger partial charge is 0.343 e. The van der Waals surface area contributed by atoms with E-state index in [1.807, 2.05) is 17.5 Å². The lowest BCUT2D eigenvalue weighted by molar-refractivity contribution is -0.120. The van der Waals surface area contributed by atoms with Crippen molar-refractivity contribution < 1.29 is 17.6 Å². The topological polar surface area (TPSA) is 66.5 Å². The van der Waals surface area contributed by atoms with Gasteiger partial charge in [0.25, 0.3) is 0 Å². The summed E-state index contributed by atoms with van der Waals surface area (Å²) in [6.45, 7) is 1.44. The summed E-state index contributed by atoms with van der Waals surface area (Å²) in [6.07, 6.45) is 1.07. The van der Waals surface area contributed by atoms with E-state index in [1.165, 1.54) is 23.5 Å². The van der Waals surface area contributed by atoms with E-state index in [4.69, 9.17) is 0 Å². The van der Waals surface area contributed by atoms with Crippen molar-refractivity contribution in [1.29, 1.82) is 0 Å². The smallest absolute Gasteiger partial charge is 0.241 e. The minimum absolute atomic E-state index is 0.354. The normalized spacial score (nSPS) is 12.4. The zero-order valence-corrected chi connectivity index (χ0v) is 17.6. The fourth-order valence-electron chi connectivity index (χ4n) is 2.99. The van der Waals surface area contributed by atoms with E-state index in [9.17, 15) is 17.6 Å². The molecule has 1 heterocycles. The first-order chi connectivity index (χ1) is 13.8. The molecule has 2 aromatic carbocycles. The molecule has 1 amide bonds. The van der Waals surface area contributed by atoms with E-state index in [2.05, 4.69) is 5.32 Å². The Morgan fingerprint density at radius 1 is 1.10 bits per heavy atom. The van der Waals surface area contributed by atoms with Gasteiger partial charge in [-0.3, -0.25) is 9.10 Å². The van der Waals surface area contributed by atoms with E-state index in [-0.39, 0.29) is 12.4 Å². The number of halogens is 1. The maximum Gasteiger partial charge on any atom is 0.241 e. The van der Waals surface area contributed by atoms with Crippen LogP contribution in [0.2, 0.25) is 0 Å². The zero-order valence-electron chi connectivity index (χ0n) is 16.0. The molecular weight excluding hydrogens is 411 g/mol. The molecule has 0 saturated carbocycles. The van der Waals surface area contributed by atoms with Crippen molar-refractivity contribution in [2.24, 2.45) is 0 Å². The van der Waals surface area contributed by atoms with Gasteiger partial charge in [-0.1, -0.05) is 36.4 Å². The highest BCUT2D eigenvalue weighted by Gasteiger charge is 2.25. The molecule has 5 nitrogen and oxygen atoms in total. The van der Waals surface area contributed by atoms with Crippen LogP contribution in [0.1, 0.15) is 22.0 Å². The molecule has 1 unspecified atom stereocenters. The summed E-state index contributed by atoms with van der Waals surface area (Å²) in [4.78, 5) is 13.7. The molecule has 1 N–H and O–H groups in total. The maximum atomic E-state index is 13.3. The highest BCUT2D eigenvalue weighted by Crippen LogP contribution is 2.27. The molecule has 0 radical (unpaired) electrons. The number of thiophene rings is 1. The number of hydrogen-bond acceptors (Lipinski definition) is 4. The van der Waals surface area contributed by atoms with Gasteiger partial charge in [-0.2, -0.15) is 0 Å². The molecule has 3 rings (SSSR count). The van der Waals surface area contributed by atoms with Crippen molar-refractivity contribution in [3.63, 3.8) is 0 Å². The summed E-state index contributed by atoms with van der Waals surface area (Å²) in [5.74, 6) is -0.825. The Kier molecular flexibility index (Phi) is 6.34. The molecule has 8 heteroatoms. The van der Waals surface area contributed by atoms with Crippen molar-refractivity contribution in [1.82, 2.24) is 5.32 Å². The summed E-state index contributed by atoms with van der Waals surface area (Å²) in [7, 11) is -3.67. The standard InChI is InChI=1S/C21H21FN2O3S2/c1-15-6-3-4-7-18(15)24(29(2,26)27)14-20(25)23-21(19-8-5-13-28-19)16-9-11-17(22)12-10-16/h3-13,21H,14H2,1-2H3,(H,23,25). The number of nitrogens with one attached hydrogen (secondary N) is 1. The van der Waals surface area contributed by atoms with Gasteiger partial charge in [0, 0.05) is 4.88 Å². The second kappa shape index (κ2) is 8.75. The average molecular weight is 433 g/mol. The second-order valence-electron chi connectivity index (χ2n) is 6.62. The number of carbonyl (C=O) groups is 1. The zero-order chi connectivity index (χ0) is 21.0. The number of carbonyl (C=O) groups excluding carboxylic acids is 1. The number of amides is 1. The molecule has 0 saturated heterocycles. The molecule has 0 spiro atoms. The Morgan fingerprint density at radius 3 is 2.38 bits per heavy atom. The van der Waals surface area contributed by atoms with E-state index in [1.54, 1.807) is 43.3 Å². The van der Waals surface area contributed by atoms with Crippen molar-refractivity contribution in [3.8, 4) is 0 Å². The number of aryl methyl sites for hydroxylation is 1. The van der Waals surface area contributed by atoms with Crippen LogP contribution in [0.3, 0.4) is 0 Å². The molecule has 0 aliphatic heterocycles. The van der Waals surface area contributed by atoms with Crippen molar-refractivity contribution in [3.05, 3.63) is 87.9 Å². The highest BCUT2D eigenvalue weighted by atomic mass is 32.2. The van der Waals surface area contributed by atoms with Crippen molar-refractivity contribution in [2.45, 2.75) is 13.0 Å². The lowest BCUT2D eigenvalue weighted by Crippen LogP contribution is -2.42. The predicted molar refractivity (Wildman–Crippen MR) is 114 cm³/mol. The second-order valence-corrected chi connectivity index (χ2v) is 9.51. The Labute approximate surface area is 173 Å². The quantitative estimate of drug-likeness (QED) is 0.616. The third kappa shape index (κ3) is 5.21. The van der Waals surface area contributed by atoms with Crippen LogP contribution in [0.5, 0.6) is 0 Å². The van der Waals surface area contributed by atoms with Gasteiger partial charge < -0.3 is 5.32 Å². The van der Waals surface area contributed by atoms with Crippen LogP contribution in [-0.2, 0) is 14.8 Å². The van der Waals surface area contributed by atoms with Gasteiger partial charge in [0.2, 0.25) is 15.9 Å². The summed E-state index contributed by atoms with van der Waals surface area (Å²) in [5.41, 5.74) is 1.92. The molecular formula is C21H21FN2O3S2. The Hall–Kier alpha value is -2.71. The van der Waals surface area contributed by atoms with Crippen LogP contribution in [0.25, 0.3) is 0 Å². The van der Waals surface area contributed by atoms with Gasteiger partial charge in [0.1, 0.15) is 12.4 Å². The monoisotopic (exact) mass is 432 g/mol. The molecule has 152 valence electrons. The fraction of sp³-hybridized carbons (Fsp3) is 0.190. The summed E-state index contributed by atoms with van der Waals surface area (Å²) in [6, 6.07) is 16.1. The number of para-hydroxylation sites is 1. The molecule has 0 aliphatic carbocycles. The molecule has 1 atom stereocenters. The highest BCUT2D eigenvalue weighted by molar-refractivity contribution is 7.92. The average Bonchev–Trinajstić information content (AvgIpc) is 3.19. The minimum atomic E-state index is -3.67. The third-order valence-corrected chi connectivity index (χ3v) is 6.47. The molecule has 29 heavy (non-hydrogen) atoms. The van der Waals surface area contributed by atoms with Gasteiger partial charge in [0.15, 0.2) is 0 Å². The molecule has 1 aromatic heterocycles. The summed E-state index contributed by atoms with van der Waals surface area (Å²) < 4.78 is 39.1. The number of rotatable bonds is 7. The maximum absolute atomic E-state index is 13.3. The van der Waals surface area contributed by atoms with Crippen LogP contribution in [-0.4, -0.2) is 27.1 Å². The van der Waals surface area contributed by atoms with Gasteiger partial charge in [0.05, 0.1) is 18.0 Å². The fourth-order valence-corrected chi connectivity index (χ4v) is 4.71. The Bertz CT molecular complexity index is 1080. The van der Waals surface area contributed by atoms with Crippen LogP contribution in [0.15, 0.2) is 66.0 Å². The van der Waals surface area contributed by atoms with Gasteiger partial charge in [-0.25, -0.2) is 12.8 Å². The number of benzene rings is 2. The first-order valence-corrected chi connectivity index (χ1v) is 11.6. The lowest BCUT2D eigenvalue weighted by atomic mass is 10.1. The van der Waals surface area contributed by atoms with Gasteiger partial charge in [-0.15, -0.1) is 11.3 Å².